The normalized spacial score (nSPS) is 21.5. The minimum Gasteiger partial charge on any atom is -0.326 e. The first-order valence-electron chi connectivity index (χ1n) is 18.1. The van der Waals surface area contributed by atoms with E-state index in [1.54, 1.807) is 0 Å². The molecule has 3 fully saturated rings. The Labute approximate surface area is 292 Å². The molecule has 0 spiro atoms. The van der Waals surface area contributed by atoms with Gasteiger partial charge in [0.05, 0.1) is 22.9 Å². The molecule has 8 nitrogen and oxygen atoms in total. The summed E-state index contributed by atoms with van der Waals surface area (Å²) in [5, 5.41) is 8.19. The van der Waals surface area contributed by atoms with Crippen LogP contribution in [0.15, 0.2) is 61.3 Å². The smallest absolute Gasteiger partial charge is 0.208 e. The number of benzene rings is 2. The Bertz CT molecular complexity index is 2030. The largest absolute Gasteiger partial charge is 0.326 e. The molecule has 4 aliphatic rings. The fourth-order valence-corrected chi connectivity index (χ4v) is 8.36. The number of fused-ring (bicyclic) bond motifs is 9. The van der Waals surface area contributed by atoms with Gasteiger partial charge >= 0.3 is 0 Å². The van der Waals surface area contributed by atoms with Crippen LogP contribution in [0.3, 0.4) is 0 Å². The van der Waals surface area contributed by atoms with E-state index >= 15 is 0 Å². The summed E-state index contributed by atoms with van der Waals surface area (Å²) < 4.78 is 31.7. The first-order valence-corrected chi connectivity index (χ1v) is 18.1. The molecule has 4 aliphatic heterocycles. The molecule has 0 radical (unpaired) electrons. The number of halogens is 2. The lowest BCUT2D eigenvalue weighted by Gasteiger charge is -2.56. The molecule has 0 aliphatic carbocycles. The van der Waals surface area contributed by atoms with E-state index in [-0.39, 0.29) is 0 Å². The molecule has 2 unspecified atom stereocenters. The van der Waals surface area contributed by atoms with Crippen molar-refractivity contribution in [3.63, 3.8) is 0 Å². The molecular weight excluding hydrogens is 630 g/mol. The zero-order chi connectivity index (χ0) is 34.5. The third-order valence-corrected chi connectivity index (χ3v) is 11.0. The van der Waals surface area contributed by atoms with Crippen molar-refractivity contribution >= 4 is 22.7 Å². The fraction of sp³-hybridized carbons (Fsp3) is 0.425. The van der Waals surface area contributed by atoms with E-state index < -0.39 is 11.6 Å². The van der Waals surface area contributed by atoms with Crippen LogP contribution in [0.5, 0.6) is 0 Å². The van der Waals surface area contributed by atoms with E-state index in [2.05, 4.69) is 68.6 Å². The summed E-state index contributed by atoms with van der Waals surface area (Å²) >= 11 is 0. The van der Waals surface area contributed by atoms with Crippen molar-refractivity contribution in [2.75, 3.05) is 25.0 Å². The van der Waals surface area contributed by atoms with Gasteiger partial charge in [-0.25, -0.2) is 13.8 Å². The number of nitrogens with one attached hydrogen (secondary N) is 1. The molecule has 2 aromatic carbocycles. The predicted octanol–water partition coefficient (Wildman–Crippen LogP) is 7.36. The van der Waals surface area contributed by atoms with Crippen LogP contribution in [0, 0.1) is 24.5 Å². The van der Waals surface area contributed by atoms with Gasteiger partial charge in [-0.3, -0.25) is 19.5 Å². The minimum atomic E-state index is -0.504. The Hall–Kier alpha value is -4.41. The number of aryl methyl sites for hydroxylation is 2. The van der Waals surface area contributed by atoms with E-state index in [1.807, 2.05) is 24.9 Å². The number of piperidine rings is 1. The third kappa shape index (κ3) is 6.58. The van der Waals surface area contributed by atoms with Gasteiger partial charge in [-0.2, -0.15) is 5.10 Å². The SMILES string of the molecule is C=C1Nc2nc3ccc(CN4C5CC4CN(CCc4cc(F)cc(F)c4)C5)cc3n2C[C@H](C)CCCCc2c(cnn2C)-c2cc1cc(C)n2. The van der Waals surface area contributed by atoms with Crippen LogP contribution in [0.25, 0.3) is 28.0 Å². The Morgan fingerprint density at radius 3 is 2.54 bits per heavy atom. The zero-order valence-corrected chi connectivity index (χ0v) is 29.3. The quantitative estimate of drug-likeness (QED) is 0.210. The molecule has 0 amide bonds. The first-order chi connectivity index (χ1) is 24.2. The van der Waals surface area contributed by atoms with E-state index in [0.717, 1.165) is 115 Å². The summed E-state index contributed by atoms with van der Waals surface area (Å²) in [5.74, 6) is 0.276. The molecule has 9 rings (SSSR count). The number of imidazole rings is 1. The number of aromatic nitrogens is 5. The molecule has 10 heteroatoms. The third-order valence-electron chi connectivity index (χ3n) is 11.0. The van der Waals surface area contributed by atoms with Crippen LogP contribution in [0.2, 0.25) is 0 Å². The molecule has 260 valence electrons. The second-order valence-electron chi connectivity index (χ2n) is 14.8. The van der Waals surface area contributed by atoms with Crippen LogP contribution in [-0.2, 0) is 33.0 Å². The predicted molar refractivity (Wildman–Crippen MR) is 195 cm³/mol. The van der Waals surface area contributed by atoms with Crippen molar-refractivity contribution < 1.29 is 8.78 Å². The van der Waals surface area contributed by atoms with Gasteiger partial charge in [0, 0.05) is 86.1 Å². The van der Waals surface area contributed by atoms with Gasteiger partial charge in [0.1, 0.15) is 11.6 Å². The molecule has 0 saturated carbocycles. The summed E-state index contributed by atoms with van der Waals surface area (Å²) in [5.41, 5.74) is 10.1. The maximum Gasteiger partial charge on any atom is 0.208 e. The molecule has 3 aromatic heterocycles. The van der Waals surface area contributed by atoms with Gasteiger partial charge in [-0.05, 0) is 92.5 Å². The Morgan fingerprint density at radius 2 is 1.74 bits per heavy atom. The number of pyridine rings is 1. The van der Waals surface area contributed by atoms with E-state index in [1.165, 1.54) is 29.8 Å². The lowest BCUT2D eigenvalue weighted by Crippen LogP contribution is -2.68. The molecule has 5 aromatic rings. The molecule has 7 heterocycles. The highest BCUT2D eigenvalue weighted by Crippen LogP contribution is 2.35. The number of rotatable bonds is 5. The summed E-state index contributed by atoms with van der Waals surface area (Å²) in [6, 6.07) is 15.7. The standard InChI is InChI=1S/C40H46F2N8/c1-25-7-5-6-8-38-35(20-43-47(38)4)37-17-30(13-26(2)44-37)27(3)45-40-46-36-10-9-29(16-39(36)50(40)21-25)22-49-33-19-34(49)24-48(23-33)12-11-28-14-31(41)18-32(42)15-28/h9-10,13-18,20,25,33-34H,3,5-8,11-12,19,21-24H2,1-2,4H3,(H,45,46)/t25-,33?,34?/m1/s1. The molecular formula is C40H46F2N8. The van der Waals surface area contributed by atoms with Crippen molar-refractivity contribution in [3.8, 4) is 11.3 Å². The Balaban J connectivity index is 1.01. The lowest BCUT2D eigenvalue weighted by atomic mass is 9.86. The average molecular weight is 677 g/mol. The van der Waals surface area contributed by atoms with Crippen LogP contribution in [0.4, 0.5) is 14.7 Å². The second-order valence-corrected chi connectivity index (χ2v) is 14.8. The lowest BCUT2D eigenvalue weighted by molar-refractivity contribution is -0.0743. The van der Waals surface area contributed by atoms with E-state index in [9.17, 15) is 8.78 Å². The summed E-state index contributed by atoms with van der Waals surface area (Å²) in [7, 11) is 2.02. The van der Waals surface area contributed by atoms with Crippen molar-refractivity contribution in [3.05, 3.63) is 101 Å². The highest BCUT2D eigenvalue weighted by molar-refractivity contribution is 5.83. The number of hydrogen-bond acceptors (Lipinski definition) is 6. The van der Waals surface area contributed by atoms with Crippen molar-refractivity contribution in [2.45, 2.75) is 77.5 Å². The highest BCUT2D eigenvalue weighted by atomic mass is 19.1. The van der Waals surface area contributed by atoms with E-state index in [4.69, 9.17) is 9.97 Å². The second kappa shape index (κ2) is 13.4. The van der Waals surface area contributed by atoms with Crippen molar-refractivity contribution in [1.29, 1.82) is 0 Å². The average Bonchev–Trinajstić information content (AvgIpc) is 3.62. The number of hydrogen-bond donors (Lipinski definition) is 1. The van der Waals surface area contributed by atoms with Gasteiger partial charge in [-0.1, -0.05) is 26.0 Å². The van der Waals surface area contributed by atoms with Crippen molar-refractivity contribution in [2.24, 2.45) is 13.0 Å². The molecule has 50 heavy (non-hydrogen) atoms. The van der Waals surface area contributed by atoms with Crippen LogP contribution in [0.1, 0.15) is 60.7 Å². The molecule has 3 atom stereocenters. The first kappa shape index (κ1) is 32.8. The van der Waals surface area contributed by atoms with Gasteiger partial charge in [0.15, 0.2) is 0 Å². The Morgan fingerprint density at radius 1 is 0.940 bits per heavy atom. The molecule has 1 N–H and O–H groups in total. The highest BCUT2D eigenvalue weighted by Gasteiger charge is 2.44. The zero-order valence-electron chi connectivity index (χ0n) is 29.3. The Kier molecular flexibility index (Phi) is 8.77. The number of anilines is 1. The van der Waals surface area contributed by atoms with Crippen molar-refractivity contribution in [1.82, 2.24) is 34.1 Å². The van der Waals surface area contributed by atoms with Gasteiger partial charge in [0.25, 0.3) is 0 Å². The van der Waals surface area contributed by atoms with Gasteiger partial charge in [-0.15, -0.1) is 0 Å². The minimum absolute atomic E-state index is 0.468. The van der Waals surface area contributed by atoms with Crippen LogP contribution in [-0.4, -0.2) is 65.8 Å². The summed E-state index contributed by atoms with van der Waals surface area (Å²) in [6.45, 7) is 13.4. The molecule has 4 bridgehead atoms. The van der Waals surface area contributed by atoms with E-state index in [0.29, 0.717) is 24.4 Å². The topological polar surface area (TPSA) is 67.0 Å². The van der Waals surface area contributed by atoms with Crippen LogP contribution >= 0.6 is 0 Å². The fourth-order valence-electron chi connectivity index (χ4n) is 8.36. The number of nitrogens with zero attached hydrogens (tertiary/aromatic N) is 7. The maximum absolute atomic E-state index is 13.7. The van der Waals surface area contributed by atoms with Gasteiger partial charge in [0.2, 0.25) is 5.95 Å². The van der Waals surface area contributed by atoms with Crippen LogP contribution < -0.4 is 5.32 Å². The summed E-state index contributed by atoms with van der Waals surface area (Å²) in [6.07, 6.45) is 8.13. The number of piperazine rings is 1. The monoisotopic (exact) mass is 676 g/mol. The summed E-state index contributed by atoms with van der Waals surface area (Å²) in [4.78, 5) is 15.1. The maximum atomic E-state index is 13.7. The molecule has 3 saturated heterocycles. The van der Waals surface area contributed by atoms with Gasteiger partial charge < -0.3 is 9.88 Å².